The number of rotatable bonds is 6. The lowest BCUT2D eigenvalue weighted by atomic mass is 9.63. The van der Waals surface area contributed by atoms with Crippen molar-refractivity contribution in [2.24, 2.45) is 10.3 Å². The van der Waals surface area contributed by atoms with Crippen LogP contribution in [0.25, 0.3) is 0 Å². The fourth-order valence-corrected chi connectivity index (χ4v) is 6.22. The van der Waals surface area contributed by atoms with Crippen molar-refractivity contribution in [3.8, 4) is 0 Å². The van der Waals surface area contributed by atoms with E-state index in [0.29, 0.717) is 5.56 Å². The van der Waals surface area contributed by atoms with E-state index in [2.05, 4.69) is 14.4 Å². The molecule has 2 aromatic rings. The molecule has 0 saturated carbocycles. The number of ketones is 2. The predicted molar refractivity (Wildman–Crippen MR) is 127 cm³/mol. The minimum Gasteiger partial charge on any atom is -0.394 e. The maximum Gasteiger partial charge on any atom is 0.286 e. The second-order valence-corrected chi connectivity index (χ2v) is 12.1. The van der Waals surface area contributed by atoms with E-state index in [-0.39, 0.29) is 28.3 Å². The molecule has 1 aliphatic carbocycles. The molecule has 0 bridgehead atoms. The number of benzene rings is 2. The van der Waals surface area contributed by atoms with Gasteiger partial charge in [0.1, 0.15) is 16.6 Å². The molecular formula is C22H23N3O8S2. The molecule has 1 heterocycles. The number of carbonyl (C=O) groups is 2. The number of Topliss-reactive ketones (excluding diaryl/α,β-unsaturated/α-hetero) is 2. The Labute approximate surface area is 202 Å². The lowest BCUT2D eigenvalue weighted by Crippen LogP contribution is -2.52. The number of anilines is 2. The summed E-state index contributed by atoms with van der Waals surface area (Å²) in [5, 5.41) is 22.2. The second-order valence-electron chi connectivity index (χ2n) is 8.74. The van der Waals surface area contributed by atoms with Gasteiger partial charge in [0.15, 0.2) is 11.6 Å². The van der Waals surface area contributed by atoms with Crippen molar-refractivity contribution in [1.82, 2.24) is 0 Å². The molecule has 0 amide bonds. The first-order chi connectivity index (χ1) is 16.3. The van der Waals surface area contributed by atoms with E-state index >= 15 is 0 Å². The Balaban J connectivity index is 1.81. The van der Waals surface area contributed by atoms with E-state index in [9.17, 15) is 36.6 Å². The molecule has 0 spiro atoms. The van der Waals surface area contributed by atoms with E-state index in [0.717, 1.165) is 12.3 Å². The number of nitrogens with zero attached hydrogens (tertiary/aromatic N) is 1. The number of nitrogens with one attached hydrogen (secondary N) is 2. The number of amidine groups is 1. The summed E-state index contributed by atoms with van der Waals surface area (Å²) in [4.78, 5) is 26.7. The molecule has 186 valence electrons. The monoisotopic (exact) mass is 521 g/mol. The van der Waals surface area contributed by atoms with Crippen molar-refractivity contribution < 1.29 is 36.6 Å². The Morgan fingerprint density at radius 3 is 2.54 bits per heavy atom. The van der Waals surface area contributed by atoms with Gasteiger partial charge in [-0.1, -0.05) is 24.3 Å². The van der Waals surface area contributed by atoms with Crippen molar-refractivity contribution in [2.75, 3.05) is 22.9 Å². The van der Waals surface area contributed by atoms with Crippen LogP contribution in [0.3, 0.4) is 0 Å². The highest BCUT2D eigenvalue weighted by molar-refractivity contribution is 7.92. The third-order valence-corrected chi connectivity index (χ3v) is 7.96. The quantitative estimate of drug-likeness (QED) is 0.397. The lowest BCUT2D eigenvalue weighted by Gasteiger charge is -2.39. The first kappa shape index (κ1) is 25.0. The molecule has 3 unspecified atom stereocenters. The minimum atomic E-state index is -4.41. The normalized spacial score (nSPS) is 24.0. The summed E-state index contributed by atoms with van der Waals surface area (Å²) in [5.74, 6) is -3.32. The van der Waals surface area contributed by atoms with Gasteiger partial charge in [-0.3, -0.25) is 14.3 Å². The van der Waals surface area contributed by atoms with Crippen LogP contribution in [0.1, 0.15) is 29.3 Å². The predicted octanol–water partition coefficient (Wildman–Crippen LogP) is 0.654. The van der Waals surface area contributed by atoms with Crippen LogP contribution in [-0.4, -0.2) is 63.4 Å². The maximum atomic E-state index is 13.7. The van der Waals surface area contributed by atoms with E-state index in [1.54, 1.807) is 18.2 Å². The molecule has 4 N–H and O–H groups in total. The average molecular weight is 522 g/mol. The smallest absolute Gasteiger partial charge is 0.286 e. The summed E-state index contributed by atoms with van der Waals surface area (Å²) in [5.41, 5.74) is -0.834. The van der Waals surface area contributed by atoms with Crippen molar-refractivity contribution in [1.29, 1.82) is 0 Å². The fourth-order valence-electron chi connectivity index (χ4n) is 4.48. The maximum absolute atomic E-state index is 13.7. The van der Waals surface area contributed by atoms with Crippen LogP contribution >= 0.6 is 0 Å². The number of carbonyl (C=O) groups excluding carboxylic acids is 2. The molecule has 13 heteroatoms. The van der Waals surface area contributed by atoms with Crippen LogP contribution in [-0.2, 0) is 30.3 Å². The van der Waals surface area contributed by atoms with Gasteiger partial charge >= 0.3 is 0 Å². The van der Waals surface area contributed by atoms with Gasteiger partial charge in [0.25, 0.3) is 10.0 Å². The lowest BCUT2D eigenvalue weighted by molar-refractivity contribution is -0.126. The molecule has 0 radical (unpaired) electrons. The van der Waals surface area contributed by atoms with Gasteiger partial charge < -0.3 is 15.5 Å². The van der Waals surface area contributed by atoms with Gasteiger partial charge in [0.05, 0.1) is 30.1 Å². The minimum absolute atomic E-state index is 0.000382. The summed E-state index contributed by atoms with van der Waals surface area (Å²) in [6, 6.07) is 10.1. The molecule has 0 saturated heterocycles. The molecule has 2 aromatic carbocycles. The van der Waals surface area contributed by atoms with Gasteiger partial charge in [0.2, 0.25) is 10.0 Å². The molecule has 1 aliphatic heterocycles. The molecular weight excluding hydrogens is 498 g/mol. The topological polar surface area (TPSA) is 179 Å². The van der Waals surface area contributed by atoms with Gasteiger partial charge in [-0.2, -0.15) is 8.42 Å². The Hall–Kier alpha value is -3.13. The van der Waals surface area contributed by atoms with Crippen molar-refractivity contribution in [2.45, 2.75) is 29.8 Å². The Bertz CT molecular complexity index is 1480. The molecule has 2 aliphatic rings. The van der Waals surface area contributed by atoms with Gasteiger partial charge in [-0.25, -0.2) is 8.42 Å². The van der Waals surface area contributed by atoms with E-state index in [1.165, 1.54) is 25.1 Å². The molecule has 11 nitrogen and oxygen atoms in total. The van der Waals surface area contributed by atoms with Crippen LogP contribution < -0.4 is 10.0 Å². The highest BCUT2D eigenvalue weighted by Crippen LogP contribution is 2.42. The van der Waals surface area contributed by atoms with Crippen molar-refractivity contribution in [3.05, 3.63) is 53.6 Å². The molecule has 3 atom stereocenters. The molecule has 0 fully saturated rings. The fraction of sp³-hybridized carbons (Fsp3) is 0.318. The van der Waals surface area contributed by atoms with Crippen LogP contribution in [0, 0.1) is 5.92 Å². The average Bonchev–Trinajstić information content (AvgIpc) is 2.77. The first-order valence-corrected chi connectivity index (χ1v) is 13.8. The third kappa shape index (κ3) is 4.47. The Morgan fingerprint density at radius 2 is 1.89 bits per heavy atom. The summed E-state index contributed by atoms with van der Waals surface area (Å²) in [7, 11) is -8.08. The summed E-state index contributed by atoms with van der Waals surface area (Å²) >= 11 is 0. The number of sulfonamides is 2. The highest BCUT2D eigenvalue weighted by atomic mass is 32.2. The van der Waals surface area contributed by atoms with Crippen LogP contribution in [0.2, 0.25) is 0 Å². The molecule has 4 rings (SSSR count). The first-order valence-electron chi connectivity index (χ1n) is 10.5. The molecule has 0 aromatic heterocycles. The van der Waals surface area contributed by atoms with Crippen molar-refractivity contribution >= 4 is 48.8 Å². The van der Waals surface area contributed by atoms with Gasteiger partial charge in [-0.15, -0.1) is 4.40 Å². The van der Waals surface area contributed by atoms with E-state index < -0.39 is 61.5 Å². The zero-order chi connectivity index (χ0) is 25.8. The number of fused-ring (bicyclic) bond motifs is 2. The molecule has 35 heavy (non-hydrogen) atoms. The Kier molecular flexibility index (Phi) is 6.08. The standard InChI is InChI=1S/C22H23N3O8S2/c1-22(10-13(27)11-26)15-6-4-3-5-14(15)19(28)18(20(22)29)21-23-16-8-7-12(24-34(2,30)31)9-17(16)35(32,33)25-21/h3-9,13,18,24,26-27H,10-11H2,1-2H3,(H,23,25). The number of aliphatic hydroxyl groups is 2. The third-order valence-electron chi connectivity index (χ3n) is 6.03. The van der Waals surface area contributed by atoms with Gasteiger partial charge in [0, 0.05) is 11.3 Å². The zero-order valence-electron chi connectivity index (χ0n) is 18.7. The van der Waals surface area contributed by atoms with E-state index in [1.807, 2.05) is 0 Å². The zero-order valence-corrected chi connectivity index (χ0v) is 20.4. The summed E-state index contributed by atoms with van der Waals surface area (Å²) in [6.45, 7) is 0.926. The van der Waals surface area contributed by atoms with Crippen LogP contribution in [0.15, 0.2) is 51.8 Å². The van der Waals surface area contributed by atoms with Crippen LogP contribution in [0.5, 0.6) is 0 Å². The number of aliphatic hydroxyl groups excluding tert-OH is 2. The Morgan fingerprint density at radius 1 is 1.20 bits per heavy atom. The van der Waals surface area contributed by atoms with Gasteiger partial charge in [-0.05, 0) is 37.1 Å². The van der Waals surface area contributed by atoms with Crippen molar-refractivity contribution in [3.63, 3.8) is 0 Å². The number of hydrogen-bond donors (Lipinski definition) is 4. The summed E-state index contributed by atoms with van der Waals surface area (Å²) in [6.07, 6.45) is -0.532. The second kappa shape index (κ2) is 8.52. The highest BCUT2D eigenvalue weighted by Gasteiger charge is 2.52. The largest absolute Gasteiger partial charge is 0.394 e. The summed E-state index contributed by atoms with van der Waals surface area (Å²) < 4.78 is 54.9. The van der Waals surface area contributed by atoms with Crippen LogP contribution in [0.4, 0.5) is 11.4 Å². The van der Waals surface area contributed by atoms with E-state index in [4.69, 9.17) is 0 Å². The SMILES string of the molecule is CC1(CC(O)CO)C(=O)C(C2=NS(=O)(=O)c3cc(NS(C)(=O)=O)ccc3N2)C(=O)c2ccccc21. The number of hydrogen-bond acceptors (Lipinski definition) is 9.